The third-order valence-corrected chi connectivity index (χ3v) is 5.83. The fraction of sp³-hybridized carbons (Fsp3) is 0.650. The van der Waals surface area contributed by atoms with Gasteiger partial charge in [0, 0.05) is 48.8 Å². The van der Waals surface area contributed by atoms with Crippen LogP contribution in [0.5, 0.6) is 17.2 Å². The number of rotatable bonds is 6. The minimum atomic E-state index is 0. The summed E-state index contributed by atoms with van der Waals surface area (Å²) in [6, 6.07) is 3.77. The van der Waals surface area contributed by atoms with Gasteiger partial charge in [-0.15, -0.1) is 24.0 Å². The second-order valence-electron chi connectivity index (χ2n) is 7.76. The molecular weight excluding hydrogens is 457 g/mol. The third kappa shape index (κ3) is 4.55. The Morgan fingerprint density at radius 2 is 1.63 bits per heavy atom. The van der Waals surface area contributed by atoms with Crippen molar-refractivity contribution in [1.82, 2.24) is 10.2 Å². The fourth-order valence-corrected chi connectivity index (χ4v) is 3.32. The van der Waals surface area contributed by atoms with Crippen molar-refractivity contribution in [3.05, 3.63) is 17.7 Å². The first-order valence-corrected chi connectivity index (χ1v) is 8.99. The van der Waals surface area contributed by atoms with Gasteiger partial charge in [-0.2, -0.15) is 0 Å². The molecule has 1 N–H and O–H groups in total. The van der Waals surface area contributed by atoms with Gasteiger partial charge in [-0.3, -0.25) is 4.99 Å². The molecule has 1 saturated heterocycles. The minimum Gasteiger partial charge on any atom is -0.496 e. The Morgan fingerprint density at radius 1 is 1.07 bits per heavy atom. The van der Waals surface area contributed by atoms with Crippen LogP contribution in [0.25, 0.3) is 0 Å². The van der Waals surface area contributed by atoms with E-state index in [0.29, 0.717) is 0 Å². The molecule has 6 nitrogen and oxygen atoms in total. The number of methoxy groups -OCH3 is 3. The van der Waals surface area contributed by atoms with Gasteiger partial charge in [0.1, 0.15) is 17.2 Å². The molecule has 0 bridgehead atoms. The van der Waals surface area contributed by atoms with Crippen molar-refractivity contribution in [2.45, 2.75) is 39.7 Å². The number of benzene rings is 1. The van der Waals surface area contributed by atoms with Gasteiger partial charge in [-0.05, 0) is 20.3 Å². The molecule has 1 heterocycles. The summed E-state index contributed by atoms with van der Waals surface area (Å²) in [4.78, 5) is 6.79. The molecule has 0 radical (unpaired) electrons. The maximum absolute atomic E-state index is 5.53. The van der Waals surface area contributed by atoms with Gasteiger partial charge >= 0.3 is 0 Å². The Hall–Kier alpha value is -1.38. The molecule has 1 aliphatic heterocycles. The molecule has 154 valence electrons. The zero-order chi connectivity index (χ0) is 19.5. The average Bonchev–Trinajstić information content (AvgIpc) is 2.63. The number of nitrogens with zero attached hydrogens (tertiary/aromatic N) is 2. The molecular formula is C20H34IN3O3. The van der Waals surface area contributed by atoms with Crippen molar-refractivity contribution in [2.24, 2.45) is 10.4 Å². The molecule has 0 aromatic heterocycles. The third-order valence-electron chi connectivity index (χ3n) is 5.83. The van der Waals surface area contributed by atoms with E-state index >= 15 is 0 Å². The van der Waals surface area contributed by atoms with Gasteiger partial charge < -0.3 is 24.4 Å². The summed E-state index contributed by atoms with van der Waals surface area (Å²) in [5, 5.41) is 3.48. The van der Waals surface area contributed by atoms with Crippen LogP contribution in [-0.4, -0.2) is 57.9 Å². The predicted octanol–water partition coefficient (Wildman–Crippen LogP) is 3.57. The van der Waals surface area contributed by atoms with Crippen LogP contribution < -0.4 is 19.5 Å². The van der Waals surface area contributed by atoms with Crippen molar-refractivity contribution >= 4 is 29.9 Å². The predicted molar refractivity (Wildman–Crippen MR) is 121 cm³/mol. The van der Waals surface area contributed by atoms with Crippen LogP contribution in [0.2, 0.25) is 0 Å². The first-order valence-electron chi connectivity index (χ1n) is 8.99. The summed E-state index contributed by atoms with van der Waals surface area (Å²) in [5.41, 5.74) is 1.36. The lowest BCUT2D eigenvalue weighted by molar-refractivity contribution is -0.0666. The SMILES string of the molecule is CN=C(NCCc1c(OC)cc(OC)cc1OC)N1CC(C)(C)C1(C)C.I. The number of aliphatic imine (C=N–C) groups is 1. The Balaban J connectivity index is 0.00000364. The summed E-state index contributed by atoms with van der Waals surface area (Å²) < 4.78 is 16.4. The highest BCUT2D eigenvalue weighted by molar-refractivity contribution is 14.0. The normalized spacial score (nSPS) is 17.5. The lowest BCUT2D eigenvalue weighted by atomic mass is 9.65. The fourth-order valence-electron chi connectivity index (χ4n) is 3.32. The van der Waals surface area contributed by atoms with E-state index in [1.54, 1.807) is 21.3 Å². The first kappa shape index (κ1) is 23.7. The lowest BCUT2D eigenvalue weighted by Gasteiger charge is -2.62. The number of halogens is 1. The largest absolute Gasteiger partial charge is 0.496 e. The molecule has 0 atom stereocenters. The van der Waals surface area contributed by atoms with Crippen LogP contribution in [0.1, 0.15) is 33.3 Å². The quantitative estimate of drug-likeness (QED) is 0.375. The summed E-state index contributed by atoms with van der Waals surface area (Å²) in [7, 11) is 6.79. The standard InChI is InChI=1S/C20H33N3O3.HI/c1-19(2)13-23(20(19,3)4)18(21-5)22-10-9-15-16(25-7)11-14(24-6)12-17(15)26-8;/h11-12H,9-10,13H2,1-8H3,(H,21,22);1H. The van der Waals surface area contributed by atoms with Gasteiger partial charge in [-0.25, -0.2) is 0 Å². The molecule has 1 aliphatic rings. The van der Waals surface area contributed by atoms with Gasteiger partial charge in [0.25, 0.3) is 0 Å². The Kier molecular flexibility index (Phi) is 8.07. The van der Waals surface area contributed by atoms with E-state index in [-0.39, 0.29) is 34.9 Å². The van der Waals surface area contributed by atoms with Gasteiger partial charge in [-0.1, -0.05) is 13.8 Å². The van der Waals surface area contributed by atoms with E-state index in [0.717, 1.165) is 48.3 Å². The van der Waals surface area contributed by atoms with Gasteiger partial charge in [0.2, 0.25) is 0 Å². The van der Waals surface area contributed by atoms with Crippen molar-refractivity contribution in [3.8, 4) is 17.2 Å². The summed E-state index contributed by atoms with van der Waals surface area (Å²) in [5.74, 6) is 3.18. The maximum Gasteiger partial charge on any atom is 0.194 e. The molecule has 7 heteroatoms. The molecule has 0 saturated carbocycles. The van der Waals surface area contributed by atoms with E-state index in [1.165, 1.54) is 0 Å². The first-order chi connectivity index (χ1) is 12.2. The van der Waals surface area contributed by atoms with Crippen LogP contribution in [0.3, 0.4) is 0 Å². The van der Waals surface area contributed by atoms with Crippen LogP contribution in [0, 0.1) is 5.41 Å². The molecule has 0 unspecified atom stereocenters. The number of ether oxygens (including phenoxy) is 3. The van der Waals surface area contributed by atoms with Crippen molar-refractivity contribution in [2.75, 3.05) is 41.5 Å². The molecule has 0 amide bonds. The molecule has 27 heavy (non-hydrogen) atoms. The zero-order valence-corrected chi connectivity index (χ0v) is 20.1. The van der Waals surface area contributed by atoms with E-state index < -0.39 is 0 Å². The van der Waals surface area contributed by atoms with E-state index in [9.17, 15) is 0 Å². The molecule has 1 fully saturated rings. The number of hydrogen-bond donors (Lipinski definition) is 1. The zero-order valence-electron chi connectivity index (χ0n) is 17.8. The maximum atomic E-state index is 5.53. The van der Waals surface area contributed by atoms with Crippen molar-refractivity contribution in [1.29, 1.82) is 0 Å². The Labute approximate surface area is 180 Å². The number of nitrogens with one attached hydrogen (secondary N) is 1. The molecule has 1 aromatic rings. The number of likely N-dealkylation sites (tertiary alicyclic amines) is 1. The van der Waals surface area contributed by atoms with Crippen molar-refractivity contribution in [3.63, 3.8) is 0 Å². The van der Waals surface area contributed by atoms with Crippen LogP contribution in [-0.2, 0) is 6.42 Å². The van der Waals surface area contributed by atoms with Crippen LogP contribution in [0.4, 0.5) is 0 Å². The smallest absolute Gasteiger partial charge is 0.194 e. The lowest BCUT2D eigenvalue weighted by Crippen LogP contribution is -2.72. The van der Waals surface area contributed by atoms with E-state index in [2.05, 4.69) is 42.9 Å². The van der Waals surface area contributed by atoms with Crippen LogP contribution >= 0.6 is 24.0 Å². The topological polar surface area (TPSA) is 55.3 Å². The summed E-state index contributed by atoms with van der Waals surface area (Å²) in [6.07, 6.45) is 0.757. The number of guanidine groups is 1. The second kappa shape index (κ2) is 9.21. The second-order valence-corrected chi connectivity index (χ2v) is 7.76. The summed E-state index contributed by atoms with van der Waals surface area (Å²) >= 11 is 0. The van der Waals surface area contributed by atoms with Crippen molar-refractivity contribution < 1.29 is 14.2 Å². The highest BCUT2D eigenvalue weighted by Gasteiger charge is 2.53. The molecule has 2 rings (SSSR count). The highest BCUT2D eigenvalue weighted by atomic mass is 127. The minimum absolute atomic E-state index is 0. The monoisotopic (exact) mass is 491 g/mol. The molecule has 1 aromatic carbocycles. The van der Waals surface area contributed by atoms with E-state index in [4.69, 9.17) is 14.2 Å². The van der Waals surface area contributed by atoms with Gasteiger partial charge in [0.05, 0.1) is 21.3 Å². The summed E-state index contributed by atoms with van der Waals surface area (Å²) in [6.45, 7) is 10.8. The number of hydrogen-bond acceptors (Lipinski definition) is 4. The van der Waals surface area contributed by atoms with Crippen LogP contribution in [0.15, 0.2) is 17.1 Å². The van der Waals surface area contributed by atoms with Gasteiger partial charge in [0.15, 0.2) is 5.96 Å². The Bertz CT molecular complexity index is 649. The average molecular weight is 491 g/mol. The molecule has 0 aliphatic carbocycles. The molecule has 0 spiro atoms. The van der Waals surface area contributed by atoms with E-state index in [1.807, 2.05) is 19.2 Å². The Morgan fingerprint density at radius 3 is 2.00 bits per heavy atom. The highest BCUT2D eigenvalue weighted by Crippen LogP contribution is 2.46.